The maximum Gasteiger partial charge on any atom is 0.129 e. The van der Waals surface area contributed by atoms with E-state index >= 15 is 0 Å². The van der Waals surface area contributed by atoms with Gasteiger partial charge in [-0.1, -0.05) is 25.4 Å². The van der Waals surface area contributed by atoms with Crippen molar-refractivity contribution in [3.63, 3.8) is 0 Å². The van der Waals surface area contributed by atoms with Gasteiger partial charge in [0.25, 0.3) is 0 Å². The molecule has 0 aliphatic rings. The summed E-state index contributed by atoms with van der Waals surface area (Å²) < 4.78 is 5.20. The van der Waals surface area contributed by atoms with Crippen molar-refractivity contribution in [2.45, 2.75) is 19.8 Å². The van der Waals surface area contributed by atoms with E-state index in [0.717, 1.165) is 22.2 Å². The number of rotatable bonds is 2. The molecular formula is C13H14ClNO. The molecule has 0 saturated heterocycles. The number of nitrogens with zero attached hydrogens (tertiary/aromatic N) is 1. The van der Waals surface area contributed by atoms with Crippen LogP contribution in [-0.2, 0) is 0 Å². The fraction of sp³-hybridized carbons (Fsp3) is 0.308. The van der Waals surface area contributed by atoms with E-state index in [1.54, 1.807) is 7.11 Å². The molecule has 0 atom stereocenters. The average Bonchev–Trinajstić information content (AvgIpc) is 2.26. The second-order valence-electron chi connectivity index (χ2n) is 4.07. The first-order valence-corrected chi connectivity index (χ1v) is 5.64. The minimum Gasteiger partial charge on any atom is -0.497 e. The fourth-order valence-electron chi connectivity index (χ4n) is 1.80. The van der Waals surface area contributed by atoms with E-state index in [4.69, 9.17) is 16.3 Å². The van der Waals surface area contributed by atoms with Crippen LogP contribution in [-0.4, -0.2) is 12.1 Å². The molecule has 0 fully saturated rings. The van der Waals surface area contributed by atoms with Gasteiger partial charge in [-0.2, -0.15) is 0 Å². The SMILES string of the molecule is COc1ccc2c(C(C)C)nc(Cl)cc2c1. The standard InChI is InChI=1S/C13H14ClNO/c1-8(2)13-11-5-4-10(16-3)6-9(11)7-12(14)15-13/h4-8H,1-3H3. The molecule has 3 heteroatoms. The summed E-state index contributed by atoms with van der Waals surface area (Å²) >= 11 is 6.01. The van der Waals surface area contributed by atoms with Gasteiger partial charge in [0.1, 0.15) is 10.9 Å². The molecule has 84 valence electrons. The van der Waals surface area contributed by atoms with Crippen molar-refractivity contribution < 1.29 is 4.74 Å². The van der Waals surface area contributed by atoms with Crippen LogP contribution >= 0.6 is 11.6 Å². The molecular weight excluding hydrogens is 222 g/mol. The Hall–Kier alpha value is -1.28. The monoisotopic (exact) mass is 235 g/mol. The number of fused-ring (bicyclic) bond motifs is 1. The molecule has 0 spiro atoms. The summed E-state index contributed by atoms with van der Waals surface area (Å²) in [5, 5.41) is 2.74. The van der Waals surface area contributed by atoms with Crippen LogP contribution in [0.4, 0.5) is 0 Å². The molecule has 1 aromatic carbocycles. The molecule has 0 N–H and O–H groups in total. The minimum atomic E-state index is 0.356. The Morgan fingerprint density at radius 2 is 2.00 bits per heavy atom. The maximum atomic E-state index is 6.01. The largest absolute Gasteiger partial charge is 0.497 e. The Labute approximate surface area is 100 Å². The number of hydrogen-bond acceptors (Lipinski definition) is 2. The number of pyridine rings is 1. The smallest absolute Gasteiger partial charge is 0.129 e. The molecule has 2 rings (SSSR count). The summed E-state index contributed by atoms with van der Waals surface area (Å²) in [7, 11) is 1.66. The summed E-state index contributed by atoms with van der Waals surface area (Å²) in [4.78, 5) is 4.38. The summed E-state index contributed by atoms with van der Waals surface area (Å²) in [6.45, 7) is 4.23. The topological polar surface area (TPSA) is 22.1 Å². The number of benzene rings is 1. The first-order valence-electron chi connectivity index (χ1n) is 5.26. The van der Waals surface area contributed by atoms with Gasteiger partial charge < -0.3 is 4.74 Å². The Balaban J connectivity index is 2.73. The summed E-state index contributed by atoms with van der Waals surface area (Å²) in [5.41, 5.74) is 1.03. The Morgan fingerprint density at radius 1 is 1.25 bits per heavy atom. The van der Waals surface area contributed by atoms with Crippen molar-refractivity contribution in [3.8, 4) is 5.75 Å². The minimum absolute atomic E-state index is 0.356. The molecule has 2 aromatic rings. The quantitative estimate of drug-likeness (QED) is 0.734. The zero-order chi connectivity index (χ0) is 11.7. The molecule has 0 radical (unpaired) electrons. The third-order valence-electron chi connectivity index (χ3n) is 2.58. The highest BCUT2D eigenvalue weighted by Gasteiger charge is 2.09. The lowest BCUT2D eigenvalue weighted by Crippen LogP contribution is -1.95. The zero-order valence-electron chi connectivity index (χ0n) is 9.62. The van der Waals surface area contributed by atoms with Crippen LogP contribution in [0.5, 0.6) is 5.75 Å². The summed E-state index contributed by atoms with van der Waals surface area (Å²) in [5.74, 6) is 1.19. The number of hydrogen-bond donors (Lipinski definition) is 0. The third-order valence-corrected chi connectivity index (χ3v) is 2.78. The number of aromatic nitrogens is 1. The van der Waals surface area contributed by atoms with Crippen LogP contribution in [0.1, 0.15) is 25.5 Å². The van der Waals surface area contributed by atoms with Crippen LogP contribution in [0.3, 0.4) is 0 Å². The van der Waals surface area contributed by atoms with Crippen LogP contribution < -0.4 is 4.74 Å². The van der Waals surface area contributed by atoms with Gasteiger partial charge in [-0.25, -0.2) is 4.98 Å². The molecule has 0 amide bonds. The maximum absolute atomic E-state index is 6.01. The number of ether oxygens (including phenoxy) is 1. The summed E-state index contributed by atoms with van der Waals surface area (Å²) in [6.07, 6.45) is 0. The molecule has 0 unspecified atom stereocenters. The second-order valence-corrected chi connectivity index (χ2v) is 4.46. The van der Waals surface area contributed by atoms with Crippen molar-refractivity contribution in [2.24, 2.45) is 0 Å². The van der Waals surface area contributed by atoms with Gasteiger partial charge in [-0.05, 0) is 35.6 Å². The van der Waals surface area contributed by atoms with E-state index < -0.39 is 0 Å². The van der Waals surface area contributed by atoms with E-state index in [2.05, 4.69) is 18.8 Å². The van der Waals surface area contributed by atoms with Crippen molar-refractivity contribution in [1.29, 1.82) is 0 Å². The van der Waals surface area contributed by atoms with E-state index in [1.165, 1.54) is 0 Å². The normalized spacial score (nSPS) is 11.1. The molecule has 0 aliphatic carbocycles. The van der Waals surface area contributed by atoms with Gasteiger partial charge in [-0.3, -0.25) is 0 Å². The van der Waals surface area contributed by atoms with Crippen molar-refractivity contribution in [3.05, 3.63) is 35.1 Å². The highest BCUT2D eigenvalue weighted by molar-refractivity contribution is 6.30. The highest BCUT2D eigenvalue weighted by Crippen LogP contribution is 2.28. The van der Waals surface area contributed by atoms with Crippen LogP contribution in [0.25, 0.3) is 10.8 Å². The van der Waals surface area contributed by atoms with Crippen LogP contribution in [0.15, 0.2) is 24.3 Å². The lowest BCUT2D eigenvalue weighted by atomic mass is 10.0. The first kappa shape index (κ1) is 11.2. The van der Waals surface area contributed by atoms with E-state index in [9.17, 15) is 0 Å². The molecule has 0 saturated carbocycles. The lowest BCUT2D eigenvalue weighted by Gasteiger charge is -2.10. The molecule has 0 bridgehead atoms. The van der Waals surface area contributed by atoms with Crippen molar-refractivity contribution in [1.82, 2.24) is 4.98 Å². The van der Waals surface area contributed by atoms with Crippen molar-refractivity contribution >= 4 is 22.4 Å². The molecule has 2 nitrogen and oxygen atoms in total. The number of methoxy groups -OCH3 is 1. The predicted octanol–water partition coefficient (Wildman–Crippen LogP) is 4.02. The van der Waals surface area contributed by atoms with Crippen molar-refractivity contribution in [2.75, 3.05) is 7.11 Å². The third kappa shape index (κ3) is 1.98. The average molecular weight is 236 g/mol. The van der Waals surface area contributed by atoms with Gasteiger partial charge in [-0.15, -0.1) is 0 Å². The molecule has 16 heavy (non-hydrogen) atoms. The van der Waals surface area contributed by atoms with Gasteiger partial charge in [0.2, 0.25) is 0 Å². The zero-order valence-corrected chi connectivity index (χ0v) is 10.4. The van der Waals surface area contributed by atoms with Gasteiger partial charge in [0.15, 0.2) is 0 Å². The van der Waals surface area contributed by atoms with E-state index in [0.29, 0.717) is 11.1 Å². The predicted molar refractivity (Wildman–Crippen MR) is 67.4 cm³/mol. The van der Waals surface area contributed by atoms with Crippen LogP contribution in [0, 0.1) is 0 Å². The molecule has 0 aliphatic heterocycles. The Bertz CT molecular complexity index is 523. The Kier molecular flexibility index (Phi) is 3.01. The first-order chi connectivity index (χ1) is 7.61. The molecule has 1 aromatic heterocycles. The fourth-order valence-corrected chi connectivity index (χ4v) is 2.01. The Morgan fingerprint density at radius 3 is 2.62 bits per heavy atom. The van der Waals surface area contributed by atoms with E-state index in [1.807, 2.05) is 24.3 Å². The lowest BCUT2D eigenvalue weighted by molar-refractivity contribution is 0.415. The highest BCUT2D eigenvalue weighted by atomic mass is 35.5. The number of halogens is 1. The van der Waals surface area contributed by atoms with Gasteiger partial charge >= 0.3 is 0 Å². The second kappa shape index (κ2) is 4.30. The molecule has 1 heterocycles. The van der Waals surface area contributed by atoms with E-state index in [-0.39, 0.29) is 0 Å². The summed E-state index contributed by atoms with van der Waals surface area (Å²) in [6, 6.07) is 7.83. The van der Waals surface area contributed by atoms with Gasteiger partial charge in [0.05, 0.1) is 12.8 Å². The van der Waals surface area contributed by atoms with Gasteiger partial charge in [0, 0.05) is 5.39 Å². The van der Waals surface area contributed by atoms with Crippen LogP contribution in [0.2, 0.25) is 5.15 Å².